The summed E-state index contributed by atoms with van der Waals surface area (Å²) >= 11 is 0. The molecule has 0 bridgehead atoms. The van der Waals surface area contributed by atoms with Gasteiger partial charge in [-0.15, -0.1) is 0 Å². The molecular weight excluding hydrogens is 206 g/mol. The number of methoxy groups -OCH3 is 1. The first-order chi connectivity index (χ1) is 7.72. The molecule has 4 heteroatoms. The Bertz CT molecular complexity index is 241. The second kappa shape index (κ2) is 6.66. The Morgan fingerprint density at radius 2 is 2.25 bits per heavy atom. The van der Waals surface area contributed by atoms with E-state index in [-0.39, 0.29) is 11.6 Å². The fourth-order valence-electron chi connectivity index (χ4n) is 1.75. The summed E-state index contributed by atoms with van der Waals surface area (Å²) in [6.45, 7) is 3.73. The Balaban J connectivity index is 2.09. The number of nitrogens with one attached hydrogen (secondary N) is 1. The van der Waals surface area contributed by atoms with Gasteiger partial charge in [-0.1, -0.05) is 6.08 Å². The molecule has 16 heavy (non-hydrogen) atoms. The zero-order valence-corrected chi connectivity index (χ0v) is 10.1. The number of hydrogen-bond acceptors (Lipinski definition) is 4. The fraction of sp³-hybridized carbons (Fsp3) is 0.750. The van der Waals surface area contributed by atoms with Gasteiger partial charge in [0, 0.05) is 26.3 Å². The van der Waals surface area contributed by atoms with E-state index >= 15 is 0 Å². The predicted octanol–water partition coefficient (Wildman–Crippen LogP) is 1.26. The molecule has 0 radical (unpaired) electrons. The third-order valence-electron chi connectivity index (χ3n) is 2.95. The van der Waals surface area contributed by atoms with Crippen LogP contribution in [0.5, 0.6) is 0 Å². The molecule has 1 fully saturated rings. The van der Waals surface area contributed by atoms with Crippen LogP contribution in [0.15, 0.2) is 12.2 Å². The van der Waals surface area contributed by atoms with Crippen LogP contribution in [-0.2, 0) is 14.3 Å². The molecule has 1 aliphatic carbocycles. The Morgan fingerprint density at radius 1 is 1.50 bits per heavy atom. The molecule has 0 spiro atoms. The van der Waals surface area contributed by atoms with E-state index in [0.29, 0.717) is 13.2 Å². The maximum atomic E-state index is 11.0. The third kappa shape index (κ3) is 3.94. The molecular formula is C12H21NO3. The molecule has 1 aliphatic rings. The standard InChI is InChI=1S/C12H21NO3/c1-3-16-11(14)6-4-9-13-10-12(15-2)7-5-8-12/h4,6,13H,3,5,7-10H2,1-2H3/b6-4+. The van der Waals surface area contributed by atoms with Crippen LogP contribution in [-0.4, -0.2) is 38.4 Å². The van der Waals surface area contributed by atoms with E-state index < -0.39 is 0 Å². The van der Waals surface area contributed by atoms with Crippen LogP contribution in [0.2, 0.25) is 0 Å². The van der Waals surface area contributed by atoms with E-state index in [4.69, 9.17) is 9.47 Å². The number of ether oxygens (including phenoxy) is 2. The SMILES string of the molecule is CCOC(=O)/C=C/CNCC1(OC)CCC1. The Kier molecular flexibility index (Phi) is 5.49. The van der Waals surface area contributed by atoms with Gasteiger partial charge in [0.2, 0.25) is 0 Å². The average molecular weight is 227 g/mol. The van der Waals surface area contributed by atoms with Crippen LogP contribution in [0.4, 0.5) is 0 Å². The molecule has 0 aliphatic heterocycles. The van der Waals surface area contributed by atoms with Gasteiger partial charge in [0.05, 0.1) is 12.2 Å². The molecule has 1 saturated carbocycles. The normalized spacial score (nSPS) is 18.4. The van der Waals surface area contributed by atoms with Crippen molar-refractivity contribution in [3.8, 4) is 0 Å². The number of carbonyl (C=O) groups is 1. The molecule has 92 valence electrons. The summed E-state index contributed by atoms with van der Waals surface area (Å²) in [5.41, 5.74) is 0.0395. The van der Waals surface area contributed by atoms with Gasteiger partial charge < -0.3 is 14.8 Å². The van der Waals surface area contributed by atoms with Crippen LogP contribution in [0, 0.1) is 0 Å². The van der Waals surface area contributed by atoms with Crippen LogP contribution in [0.1, 0.15) is 26.2 Å². The quantitative estimate of drug-likeness (QED) is 0.404. The molecule has 0 amide bonds. The van der Waals surface area contributed by atoms with E-state index in [9.17, 15) is 4.79 Å². The molecule has 0 heterocycles. The van der Waals surface area contributed by atoms with Crippen molar-refractivity contribution >= 4 is 5.97 Å². The zero-order chi connectivity index (χ0) is 11.9. The first kappa shape index (κ1) is 13.2. The third-order valence-corrected chi connectivity index (χ3v) is 2.95. The molecule has 1 N–H and O–H groups in total. The Labute approximate surface area is 97.0 Å². The van der Waals surface area contributed by atoms with Gasteiger partial charge in [-0.05, 0) is 26.2 Å². The molecule has 0 aromatic rings. The van der Waals surface area contributed by atoms with Crippen molar-refractivity contribution in [1.29, 1.82) is 0 Å². The molecule has 0 atom stereocenters. The zero-order valence-electron chi connectivity index (χ0n) is 10.1. The van der Waals surface area contributed by atoms with Crippen molar-refractivity contribution in [3.63, 3.8) is 0 Å². The fourth-order valence-corrected chi connectivity index (χ4v) is 1.75. The van der Waals surface area contributed by atoms with Crippen molar-refractivity contribution in [2.45, 2.75) is 31.8 Å². The van der Waals surface area contributed by atoms with Gasteiger partial charge in [-0.25, -0.2) is 4.79 Å². The van der Waals surface area contributed by atoms with E-state index in [0.717, 1.165) is 19.4 Å². The Hall–Kier alpha value is -0.870. The lowest BCUT2D eigenvalue weighted by Crippen LogP contribution is -2.47. The minimum absolute atomic E-state index is 0.0395. The maximum absolute atomic E-state index is 11.0. The second-order valence-electron chi connectivity index (χ2n) is 4.03. The topological polar surface area (TPSA) is 47.6 Å². The van der Waals surface area contributed by atoms with Crippen LogP contribution in [0.25, 0.3) is 0 Å². The van der Waals surface area contributed by atoms with E-state index in [1.165, 1.54) is 12.5 Å². The molecule has 0 aromatic heterocycles. The van der Waals surface area contributed by atoms with Gasteiger partial charge in [0.15, 0.2) is 0 Å². The smallest absolute Gasteiger partial charge is 0.330 e. The first-order valence-electron chi connectivity index (χ1n) is 5.81. The summed E-state index contributed by atoms with van der Waals surface area (Å²) in [5.74, 6) is -0.283. The maximum Gasteiger partial charge on any atom is 0.330 e. The van der Waals surface area contributed by atoms with Crippen LogP contribution >= 0.6 is 0 Å². The summed E-state index contributed by atoms with van der Waals surface area (Å²) in [6.07, 6.45) is 6.72. The van der Waals surface area contributed by atoms with E-state index in [1.54, 1.807) is 20.1 Å². The van der Waals surface area contributed by atoms with Gasteiger partial charge in [0.25, 0.3) is 0 Å². The summed E-state index contributed by atoms with van der Waals surface area (Å²) in [7, 11) is 1.76. The number of rotatable bonds is 7. The summed E-state index contributed by atoms with van der Waals surface area (Å²) < 4.78 is 10.2. The average Bonchev–Trinajstić information content (AvgIpc) is 2.21. The lowest BCUT2D eigenvalue weighted by atomic mass is 9.80. The minimum Gasteiger partial charge on any atom is -0.463 e. The van der Waals surface area contributed by atoms with Crippen molar-refractivity contribution in [2.75, 3.05) is 26.8 Å². The Morgan fingerprint density at radius 3 is 2.75 bits per heavy atom. The number of hydrogen-bond donors (Lipinski definition) is 1. The lowest BCUT2D eigenvalue weighted by Gasteiger charge is -2.40. The van der Waals surface area contributed by atoms with E-state index in [1.807, 2.05) is 0 Å². The largest absolute Gasteiger partial charge is 0.463 e. The molecule has 4 nitrogen and oxygen atoms in total. The monoisotopic (exact) mass is 227 g/mol. The van der Waals surface area contributed by atoms with Crippen LogP contribution < -0.4 is 5.32 Å². The minimum atomic E-state index is -0.283. The lowest BCUT2D eigenvalue weighted by molar-refractivity contribution is -0.137. The van der Waals surface area contributed by atoms with Crippen molar-refractivity contribution in [2.24, 2.45) is 0 Å². The van der Waals surface area contributed by atoms with Crippen molar-refractivity contribution in [3.05, 3.63) is 12.2 Å². The highest BCUT2D eigenvalue weighted by Gasteiger charge is 2.36. The molecule has 1 rings (SSSR count). The summed E-state index contributed by atoms with van der Waals surface area (Å²) in [5, 5.41) is 3.26. The second-order valence-corrected chi connectivity index (χ2v) is 4.03. The molecule has 0 aromatic carbocycles. The number of esters is 1. The van der Waals surface area contributed by atoms with Gasteiger partial charge >= 0.3 is 5.97 Å². The van der Waals surface area contributed by atoms with Crippen molar-refractivity contribution in [1.82, 2.24) is 5.32 Å². The predicted molar refractivity (Wildman–Crippen MR) is 62.2 cm³/mol. The van der Waals surface area contributed by atoms with E-state index in [2.05, 4.69) is 5.32 Å². The summed E-state index contributed by atoms with van der Waals surface area (Å²) in [4.78, 5) is 11.0. The first-order valence-corrected chi connectivity index (χ1v) is 5.81. The summed E-state index contributed by atoms with van der Waals surface area (Å²) in [6, 6.07) is 0. The number of carbonyl (C=O) groups excluding carboxylic acids is 1. The van der Waals surface area contributed by atoms with Crippen LogP contribution in [0.3, 0.4) is 0 Å². The van der Waals surface area contributed by atoms with Gasteiger partial charge in [-0.2, -0.15) is 0 Å². The van der Waals surface area contributed by atoms with Gasteiger partial charge in [-0.3, -0.25) is 0 Å². The highest BCUT2D eigenvalue weighted by molar-refractivity contribution is 5.81. The molecule has 0 saturated heterocycles. The molecule has 0 unspecified atom stereocenters. The van der Waals surface area contributed by atoms with Crippen molar-refractivity contribution < 1.29 is 14.3 Å². The highest BCUT2D eigenvalue weighted by Crippen LogP contribution is 2.34. The highest BCUT2D eigenvalue weighted by atomic mass is 16.5. The van der Waals surface area contributed by atoms with Gasteiger partial charge in [0.1, 0.15) is 0 Å².